The van der Waals surface area contributed by atoms with Crippen molar-refractivity contribution in [1.29, 1.82) is 0 Å². The van der Waals surface area contributed by atoms with Gasteiger partial charge in [0.05, 0.1) is 30.9 Å². The van der Waals surface area contributed by atoms with E-state index in [0.29, 0.717) is 37.7 Å². The second kappa shape index (κ2) is 15.9. The van der Waals surface area contributed by atoms with Crippen molar-refractivity contribution in [3.8, 4) is 11.1 Å². The maximum atomic E-state index is 15.6. The molecule has 44 heavy (non-hydrogen) atoms. The Kier molecular flexibility index (Phi) is 13.2. The fourth-order valence-electron chi connectivity index (χ4n) is 4.44. The normalized spacial score (nSPS) is 13.2. The molecule has 2 rings (SSSR count). The third-order valence-corrected chi connectivity index (χ3v) is 6.85. The number of rotatable bonds is 16. The van der Waals surface area contributed by atoms with Gasteiger partial charge in [0.15, 0.2) is 6.10 Å². The second-order valence-electron chi connectivity index (χ2n) is 9.76. The summed E-state index contributed by atoms with van der Waals surface area (Å²) in [7, 11) is -4.23. The molecule has 1 amide bonds. The van der Waals surface area contributed by atoms with Crippen LogP contribution in [0.2, 0.25) is 0 Å². The first-order chi connectivity index (χ1) is 20.5. The molecule has 0 saturated carbocycles. The van der Waals surface area contributed by atoms with E-state index >= 15 is 8.78 Å². The molecule has 0 heterocycles. The van der Waals surface area contributed by atoms with E-state index in [1.807, 2.05) is 0 Å². The number of carbonyl (C=O) groups is 2. The summed E-state index contributed by atoms with van der Waals surface area (Å²) in [6, 6.07) is 0.747. The summed E-state index contributed by atoms with van der Waals surface area (Å²) < 4.78 is 120. The molecule has 14 heteroatoms. The Bertz CT molecular complexity index is 1480. The Morgan fingerprint density at radius 1 is 1.05 bits per heavy atom. The summed E-state index contributed by atoms with van der Waals surface area (Å²) in [5.74, 6) is -6.34. The third-order valence-electron chi connectivity index (χ3n) is 6.27. The zero-order valence-electron chi connectivity index (χ0n) is 24.1. The van der Waals surface area contributed by atoms with Crippen LogP contribution in [0.25, 0.3) is 11.1 Å². The summed E-state index contributed by atoms with van der Waals surface area (Å²) in [6.07, 6.45) is -3.34. The molecule has 0 unspecified atom stereocenters. The van der Waals surface area contributed by atoms with Gasteiger partial charge in [-0.3, -0.25) is 13.8 Å². The van der Waals surface area contributed by atoms with Gasteiger partial charge in [-0.2, -0.15) is 21.6 Å². The van der Waals surface area contributed by atoms with E-state index in [4.69, 9.17) is 8.92 Å². The van der Waals surface area contributed by atoms with Crippen LogP contribution in [0.1, 0.15) is 61.8 Å². The first-order valence-electron chi connectivity index (χ1n) is 13.5. The highest BCUT2D eigenvalue weighted by Crippen LogP contribution is 2.40. The minimum atomic E-state index is -5.32. The highest BCUT2D eigenvalue weighted by atomic mass is 32.2. The molecule has 0 saturated heterocycles. The number of aryl methyl sites for hydroxylation is 1. The van der Waals surface area contributed by atoms with Crippen LogP contribution in [0.15, 0.2) is 49.6 Å². The first kappa shape index (κ1) is 36.5. The van der Waals surface area contributed by atoms with Crippen molar-refractivity contribution in [3.05, 3.63) is 83.7 Å². The highest BCUT2D eigenvalue weighted by molar-refractivity contribution is 7.86. The monoisotopic (exact) mass is 649 g/mol. The van der Waals surface area contributed by atoms with Crippen molar-refractivity contribution in [2.24, 2.45) is 0 Å². The number of hydrogen-bond acceptors (Lipinski definition) is 6. The number of carbonyl (C=O) groups excluding carboxylic acids is 2. The van der Waals surface area contributed by atoms with Gasteiger partial charge in [0.25, 0.3) is 16.0 Å². The van der Waals surface area contributed by atoms with Crippen molar-refractivity contribution < 1.29 is 53.3 Å². The van der Waals surface area contributed by atoms with Gasteiger partial charge in [0, 0.05) is 23.6 Å². The minimum absolute atomic E-state index is 0.0100. The number of allylic oxidation sites excluding steroid dienone is 1. The van der Waals surface area contributed by atoms with E-state index in [1.54, 1.807) is 6.08 Å². The minimum Gasteiger partial charge on any atom is -0.466 e. The zero-order chi connectivity index (χ0) is 33.2. The lowest BCUT2D eigenvalue weighted by molar-refractivity contribution is -0.144. The van der Waals surface area contributed by atoms with Gasteiger partial charge in [-0.05, 0) is 61.9 Å². The largest absolute Gasteiger partial charge is 0.466 e. The second-order valence-corrected chi connectivity index (χ2v) is 11.4. The molecule has 7 nitrogen and oxygen atoms in total. The Morgan fingerprint density at radius 3 is 2.30 bits per heavy atom. The van der Waals surface area contributed by atoms with E-state index in [-0.39, 0.29) is 25.0 Å². The molecular formula is C30H33F6NO6S. The van der Waals surface area contributed by atoms with Gasteiger partial charge >= 0.3 is 12.1 Å². The maximum absolute atomic E-state index is 15.6. The van der Waals surface area contributed by atoms with Crippen molar-refractivity contribution in [3.63, 3.8) is 0 Å². The number of amides is 1. The molecule has 0 aliphatic carbocycles. The summed E-state index contributed by atoms with van der Waals surface area (Å²) in [6.45, 7) is 8.25. The fourth-order valence-corrected chi connectivity index (χ4v) is 5.03. The van der Waals surface area contributed by atoms with Crippen LogP contribution in [0.5, 0.6) is 0 Å². The third kappa shape index (κ3) is 10.5. The number of nitrogens with one attached hydrogen (secondary N) is 1. The van der Waals surface area contributed by atoms with Crippen LogP contribution in [0.3, 0.4) is 0 Å². The summed E-state index contributed by atoms with van der Waals surface area (Å²) in [5.41, 5.74) is -3.64. The number of unbranched alkanes of at least 4 members (excludes halogenated alkanes) is 2. The lowest BCUT2D eigenvalue weighted by atomic mass is 9.90. The van der Waals surface area contributed by atoms with E-state index in [2.05, 4.69) is 18.5 Å². The lowest BCUT2D eigenvalue weighted by Gasteiger charge is -2.24. The summed E-state index contributed by atoms with van der Waals surface area (Å²) >= 11 is 0. The van der Waals surface area contributed by atoms with E-state index in [0.717, 1.165) is 18.2 Å². The molecule has 0 spiro atoms. The molecule has 2 atom stereocenters. The van der Waals surface area contributed by atoms with E-state index in [9.17, 15) is 35.6 Å². The van der Waals surface area contributed by atoms with Crippen LogP contribution >= 0.6 is 0 Å². The Labute approximate surface area is 252 Å². The number of hydrogen-bond donors (Lipinski definition) is 1. The van der Waals surface area contributed by atoms with Crippen molar-refractivity contribution in [2.45, 2.75) is 63.8 Å². The Morgan fingerprint density at radius 2 is 1.73 bits per heavy atom. The average Bonchev–Trinajstić information content (AvgIpc) is 2.89. The molecule has 1 N–H and O–H groups in total. The summed E-state index contributed by atoms with van der Waals surface area (Å²) in [5, 5.41) is 2.17. The zero-order valence-corrected chi connectivity index (χ0v) is 24.9. The van der Waals surface area contributed by atoms with Gasteiger partial charge in [0.1, 0.15) is 17.5 Å². The molecule has 0 radical (unpaired) electrons. The quantitative estimate of drug-likeness (QED) is 0.0713. The van der Waals surface area contributed by atoms with Gasteiger partial charge in [-0.15, -0.1) is 13.2 Å². The van der Waals surface area contributed by atoms with E-state index in [1.165, 1.54) is 6.92 Å². The number of ether oxygens (including phenoxy) is 1. The molecule has 0 fully saturated rings. The SMILES string of the molecule is C=CCCCCc1cc(F)cc(F)c1-c1cc([C@H](CC(=O)OCC)NC(=O)[C@@H](CC=C)OS(C)(=O)=O)c(F)c(C(F)(F)F)c1. The van der Waals surface area contributed by atoms with Crippen molar-refractivity contribution in [2.75, 3.05) is 12.9 Å². The first-order valence-corrected chi connectivity index (χ1v) is 15.3. The molecule has 2 aromatic rings. The molecular weight excluding hydrogens is 616 g/mol. The Balaban J connectivity index is 2.80. The molecule has 0 aromatic heterocycles. The van der Waals surface area contributed by atoms with Crippen molar-refractivity contribution in [1.82, 2.24) is 5.32 Å². The van der Waals surface area contributed by atoms with Crippen LogP contribution < -0.4 is 5.32 Å². The van der Waals surface area contributed by atoms with Crippen LogP contribution in [0.4, 0.5) is 26.3 Å². The number of alkyl halides is 3. The van der Waals surface area contributed by atoms with Gasteiger partial charge in [-0.1, -0.05) is 12.2 Å². The Hall–Kier alpha value is -3.65. The topological polar surface area (TPSA) is 98.8 Å². The average molecular weight is 650 g/mol. The number of benzene rings is 2. The van der Waals surface area contributed by atoms with Gasteiger partial charge in [-0.25, -0.2) is 13.2 Å². The van der Waals surface area contributed by atoms with Crippen molar-refractivity contribution >= 4 is 22.0 Å². The van der Waals surface area contributed by atoms with E-state index < -0.39 is 86.4 Å². The van der Waals surface area contributed by atoms with Gasteiger partial charge < -0.3 is 10.1 Å². The van der Waals surface area contributed by atoms with Crippen LogP contribution in [-0.4, -0.2) is 39.3 Å². The predicted octanol–water partition coefficient (Wildman–Crippen LogP) is 6.72. The summed E-state index contributed by atoms with van der Waals surface area (Å²) in [4.78, 5) is 25.5. The molecule has 2 aromatic carbocycles. The van der Waals surface area contributed by atoms with Gasteiger partial charge in [0.2, 0.25) is 0 Å². The van der Waals surface area contributed by atoms with Crippen LogP contribution in [-0.2, 0) is 41.2 Å². The molecule has 242 valence electrons. The highest BCUT2D eigenvalue weighted by Gasteiger charge is 2.38. The lowest BCUT2D eigenvalue weighted by Crippen LogP contribution is -2.40. The maximum Gasteiger partial charge on any atom is 0.419 e. The number of esters is 1. The molecule has 0 aliphatic heterocycles. The molecule has 0 aliphatic rings. The van der Waals surface area contributed by atoms with Crippen LogP contribution in [0, 0.1) is 17.5 Å². The smallest absolute Gasteiger partial charge is 0.419 e. The predicted molar refractivity (Wildman–Crippen MR) is 151 cm³/mol. The molecule has 0 bridgehead atoms. The standard InChI is InChI=1S/C30H33F6NO6S/c1-5-8-9-10-12-18-13-20(31)16-23(32)27(18)19-14-21(28(33)22(15-19)30(34,35)36)24(17-26(38)42-7-3)37-29(39)25(11-6-2)43-44(4,40)41/h5-6,13-16,24-25H,1-2,7-12,17H2,3-4H3,(H,37,39)/t24-,25+/m0/s1. The number of halogens is 6. The fraction of sp³-hybridized carbons (Fsp3) is 0.400.